The van der Waals surface area contributed by atoms with E-state index in [0.717, 1.165) is 70.6 Å². The van der Waals surface area contributed by atoms with E-state index in [1.807, 2.05) is 6.08 Å². The SMILES string of the molecule is CCCCCCCCCCCCCCCCCCC/C=C/C(O)C(CO)NC(=O)CCCCC/C=C\CCCCCCCCOC(=O)CCCCCCCCCCCCCCCCC. The third-order valence-corrected chi connectivity index (χ3v) is 13.2. The van der Waals surface area contributed by atoms with Gasteiger partial charge in [0.25, 0.3) is 0 Å². The second-order valence-electron chi connectivity index (χ2n) is 19.6. The van der Waals surface area contributed by atoms with E-state index in [-0.39, 0.29) is 18.5 Å². The molecule has 1 amide bonds. The second-order valence-corrected chi connectivity index (χ2v) is 19.6. The summed E-state index contributed by atoms with van der Waals surface area (Å²) < 4.78 is 5.47. The molecule has 2 atom stereocenters. The molecule has 2 unspecified atom stereocenters. The van der Waals surface area contributed by atoms with Gasteiger partial charge in [0.2, 0.25) is 5.91 Å². The van der Waals surface area contributed by atoms with Crippen LogP contribution >= 0.6 is 0 Å². The molecular formula is C58H111NO5. The minimum atomic E-state index is -0.861. The van der Waals surface area contributed by atoms with Gasteiger partial charge in [-0.2, -0.15) is 0 Å². The molecule has 3 N–H and O–H groups in total. The normalized spacial score (nSPS) is 12.8. The van der Waals surface area contributed by atoms with E-state index in [2.05, 4.69) is 31.3 Å². The molecule has 378 valence electrons. The molecule has 64 heavy (non-hydrogen) atoms. The number of esters is 1. The number of nitrogens with one attached hydrogen (secondary N) is 1. The van der Waals surface area contributed by atoms with Crippen LogP contribution in [0.1, 0.15) is 309 Å². The van der Waals surface area contributed by atoms with Gasteiger partial charge in [0, 0.05) is 12.8 Å². The van der Waals surface area contributed by atoms with E-state index in [4.69, 9.17) is 4.74 Å². The van der Waals surface area contributed by atoms with Crippen molar-refractivity contribution in [1.82, 2.24) is 5.32 Å². The van der Waals surface area contributed by atoms with Crippen molar-refractivity contribution in [2.45, 2.75) is 321 Å². The zero-order valence-corrected chi connectivity index (χ0v) is 43.0. The van der Waals surface area contributed by atoms with Crippen LogP contribution in [-0.2, 0) is 14.3 Å². The molecule has 0 saturated heterocycles. The lowest BCUT2D eigenvalue weighted by atomic mass is 10.0. The number of carbonyl (C=O) groups excluding carboxylic acids is 2. The van der Waals surface area contributed by atoms with Gasteiger partial charge in [0.05, 0.1) is 25.4 Å². The minimum Gasteiger partial charge on any atom is -0.466 e. The van der Waals surface area contributed by atoms with Crippen molar-refractivity contribution >= 4 is 11.9 Å². The van der Waals surface area contributed by atoms with Crippen LogP contribution in [-0.4, -0.2) is 47.4 Å². The number of aliphatic hydroxyl groups is 2. The van der Waals surface area contributed by atoms with Crippen molar-refractivity contribution in [1.29, 1.82) is 0 Å². The van der Waals surface area contributed by atoms with E-state index in [0.29, 0.717) is 19.4 Å². The molecule has 6 nitrogen and oxygen atoms in total. The van der Waals surface area contributed by atoms with Gasteiger partial charge in [-0.05, 0) is 57.8 Å². The molecule has 0 saturated carbocycles. The molecule has 6 heteroatoms. The first-order chi connectivity index (χ1) is 31.5. The van der Waals surface area contributed by atoms with Gasteiger partial charge in [0.15, 0.2) is 0 Å². The first kappa shape index (κ1) is 62.3. The molecule has 0 bridgehead atoms. The maximum atomic E-state index is 12.5. The maximum Gasteiger partial charge on any atom is 0.305 e. The quantitative estimate of drug-likeness (QED) is 0.0321. The summed E-state index contributed by atoms with van der Waals surface area (Å²) in [6, 6.07) is -0.648. The fraction of sp³-hybridized carbons (Fsp3) is 0.897. The zero-order valence-electron chi connectivity index (χ0n) is 43.0. The fourth-order valence-electron chi connectivity index (χ4n) is 8.81. The van der Waals surface area contributed by atoms with Crippen molar-refractivity contribution in [3.8, 4) is 0 Å². The molecule has 0 heterocycles. The number of hydrogen-bond donors (Lipinski definition) is 3. The highest BCUT2D eigenvalue weighted by Crippen LogP contribution is 2.17. The zero-order chi connectivity index (χ0) is 46.5. The molecule has 0 aromatic carbocycles. The smallest absolute Gasteiger partial charge is 0.305 e. The molecule has 0 aromatic heterocycles. The summed E-state index contributed by atoms with van der Waals surface area (Å²) in [5, 5.41) is 23.1. The molecule has 0 aliphatic rings. The highest BCUT2D eigenvalue weighted by Gasteiger charge is 2.18. The number of unbranched alkanes of at least 4 members (excludes halogenated alkanes) is 40. The van der Waals surface area contributed by atoms with Crippen LogP contribution in [0.5, 0.6) is 0 Å². The van der Waals surface area contributed by atoms with E-state index in [1.54, 1.807) is 6.08 Å². The van der Waals surface area contributed by atoms with Gasteiger partial charge in [-0.25, -0.2) is 0 Å². The molecule has 0 rings (SSSR count). The summed E-state index contributed by atoms with van der Waals surface area (Å²) in [7, 11) is 0. The standard InChI is InChI=1S/C58H111NO5/c1-3-5-7-9-11-13-15-17-19-20-21-22-24-26-30-34-38-42-46-50-56(61)55(54-60)59-57(62)51-47-43-39-35-31-27-25-29-33-37-41-45-49-53-64-58(63)52-48-44-40-36-32-28-23-18-16-14-12-10-8-6-4-2/h27,31,46,50,55-56,60-61H,3-26,28-30,32-45,47-49,51-54H2,1-2H3,(H,59,62)/b31-27-,50-46+. The minimum absolute atomic E-state index is 0.0108. The number of ether oxygens (including phenoxy) is 1. The molecule has 0 radical (unpaired) electrons. The Kier molecular flexibility index (Phi) is 52.6. The number of amides is 1. The first-order valence-electron chi connectivity index (χ1n) is 28.6. The number of aliphatic hydroxyl groups excluding tert-OH is 2. The van der Waals surface area contributed by atoms with Gasteiger partial charge >= 0.3 is 5.97 Å². The Balaban J connectivity index is 3.52. The third kappa shape index (κ3) is 49.8. The van der Waals surface area contributed by atoms with Crippen LogP contribution in [0.3, 0.4) is 0 Å². The highest BCUT2D eigenvalue weighted by molar-refractivity contribution is 5.76. The molecule has 0 aliphatic carbocycles. The van der Waals surface area contributed by atoms with Crippen LogP contribution in [0.15, 0.2) is 24.3 Å². The lowest BCUT2D eigenvalue weighted by Gasteiger charge is -2.19. The Morgan fingerprint density at radius 2 is 0.734 bits per heavy atom. The number of hydrogen-bond acceptors (Lipinski definition) is 5. The van der Waals surface area contributed by atoms with Gasteiger partial charge in [-0.1, -0.05) is 263 Å². The molecule has 0 spiro atoms. The van der Waals surface area contributed by atoms with E-state index in [1.165, 1.54) is 212 Å². The third-order valence-electron chi connectivity index (χ3n) is 13.2. The number of allylic oxidation sites excluding steroid dienone is 3. The summed E-state index contributed by atoms with van der Waals surface area (Å²) in [6.45, 7) is 4.88. The van der Waals surface area contributed by atoms with Crippen molar-refractivity contribution in [3.05, 3.63) is 24.3 Å². The van der Waals surface area contributed by atoms with Crippen LogP contribution in [0, 0.1) is 0 Å². The monoisotopic (exact) mass is 902 g/mol. The Labute approximate surface area is 399 Å². The number of carbonyl (C=O) groups is 2. The Hall–Kier alpha value is -1.66. The Morgan fingerprint density at radius 1 is 0.422 bits per heavy atom. The van der Waals surface area contributed by atoms with E-state index in [9.17, 15) is 19.8 Å². The predicted octanol–water partition coefficient (Wildman–Crippen LogP) is 17.5. The molecule has 0 fully saturated rings. The summed E-state index contributed by atoms with van der Waals surface area (Å²) in [5.74, 6) is -0.106. The predicted molar refractivity (Wildman–Crippen MR) is 278 cm³/mol. The van der Waals surface area contributed by atoms with Crippen LogP contribution in [0.2, 0.25) is 0 Å². The molecule has 0 aliphatic heterocycles. The van der Waals surface area contributed by atoms with Gasteiger partial charge in [-0.15, -0.1) is 0 Å². The van der Waals surface area contributed by atoms with Crippen molar-refractivity contribution < 1.29 is 24.5 Å². The average Bonchev–Trinajstić information content (AvgIpc) is 3.29. The largest absolute Gasteiger partial charge is 0.466 e. The van der Waals surface area contributed by atoms with Crippen LogP contribution in [0.25, 0.3) is 0 Å². The summed E-state index contributed by atoms with van der Waals surface area (Å²) in [4.78, 5) is 24.5. The highest BCUT2D eigenvalue weighted by atomic mass is 16.5. The lowest BCUT2D eigenvalue weighted by molar-refractivity contribution is -0.143. The molecule has 0 aromatic rings. The Bertz CT molecular complexity index is 997. The maximum absolute atomic E-state index is 12.5. The fourth-order valence-corrected chi connectivity index (χ4v) is 8.81. The van der Waals surface area contributed by atoms with Gasteiger partial charge < -0.3 is 20.3 Å². The summed E-state index contributed by atoms with van der Waals surface area (Å²) >= 11 is 0. The first-order valence-corrected chi connectivity index (χ1v) is 28.6. The van der Waals surface area contributed by atoms with Crippen LogP contribution < -0.4 is 5.32 Å². The van der Waals surface area contributed by atoms with E-state index < -0.39 is 12.1 Å². The van der Waals surface area contributed by atoms with Gasteiger partial charge in [-0.3, -0.25) is 9.59 Å². The van der Waals surface area contributed by atoms with Gasteiger partial charge in [0.1, 0.15) is 0 Å². The van der Waals surface area contributed by atoms with Crippen molar-refractivity contribution in [2.24, 2.45) is 0 Å². The summed E-state index contributed by atoms with van der Waals surface area (Å²) in [5.41, 5.74) is 0. The van der Waals surface area contributed by atoms with Crippen molar-refractivity contribution in [2.75, 3.05) is 13.2 Å². The Morgan fingerprint density at radius 3 is 1.12 bits per heavy atom. The van der Waals surface area contributed by atoms with Crippen LogP contribution in [0.4, 0.5) is 0 Å². The number of rotatable bonds is 53. The topological polar surface area (TPSA) is 95.9 Å². The summed E-state index contributed by atoms with van der Waals surface area (Å²) in [6.07, 6.45) is 64.8. The average molecular weight is 903 g/mol. The lowest BCUT2D eigenvalue weighted by Crippen LogP contribution is -2.45. The van der Waals surface area contributed by atoms with E-state index >= 15 is 0 Å². The molecular weight excluding hydrogens is 791 g/mol. The second kappa shape index (κ2) is 54.0. The van der Waals surface area contributed by atoms with Crippen molar-refractivity contribution in [3.63, 3.8) is 0 Å².